The van der Waals surface area contributed by atoms with Gasteiger partial charge in [0.1, 0.15) is 6.73 Å². The standard InChI is InChI=1S/C5H10N2O2S/c1-8-5(10)7-2-3-9-4-6-7/h6H,2-4H2,1H3. The van der Waals surface area contributed by atoms with Gasteiger partial charge in [0.2, 0.25) is 0 Å². The number of hydrogen-bond acceptors (Lipinski definition) is 4. The summed E-state index contributed by atoms with van der Waals surface area (Å²) in [5, 5.41) is 2.21. The molecule has 0 bridgehead atoms. The van der Waals surface area contributed by atoms with Crippen LogP contribution in [0.4, 0.5) is 0 Å². The molecule has 5 heteroatoms. The summed E-state index contributed by atoms with van der Waals surface area (Å²) in [6, 6.07) is 0. The molecule has 0 spiro atoms. The Labute approximate surface area is 65.1 Å². The number of methoxy groups -OCH3 is 1. The van der Waals surface area contributed by atoms with Crippen molar-refractivity contribution in [3.05, 3.63) is 0 Å². The third kappa shape index (κ3) is 1.80. The zero-order valence-corrected chi connectivity index (χ0v) is 6.61. The number of hydrogen-bond donors (Lipinski definition) is 1. The number of nitrogens with one attached hydrogen (secondary N) is 1. The molecule has 0 aromatic carbocycles. The van der Waals surface area contributed by atoms with Crippen LogP contribution in [0.5, 0.6) is 0 Å². The third-order valence-electron chi connectivity index (χ3n) is 1.21. The second-order valence-electron chi connectivity index (χ2n) is 1.83. The molecule has 0 unspecified atom stereocenters. The zero-order valence-electron chi connectivity index (χ0n) is 5.79. The van der Waals surface area contributed by atoms with Crippen LogP contribution in [0.1, 0.15) is 0 Å². The van der Waals surface area contributed by atoms with Crippen LogP contribution >= 0.6 is 12.2 Å². The first-order valence-electron chi connectivity index (χ1n) is 3.01. The lowest BCUT2D eigenvalue weighted by Crippen LogP contribution is -2.49. The lowest BCUT2D eigenvalue weighted by molar-refractivity contribution is 0.00825. The Morgan fingerprint density at radius 3 is 3.10 bits per heavy atom. The first-order chi connectivity index (χ1) is 4.84. The zero-order chi connectivity index (χ0) is 7.40. The van der Waals surface area contributed by atoms with E-state index in [1.165, 1.54) is 0 Å². The predicted octanol–water partition coefficient (Wildman–Crippen LogP) is -0.288. The maximum atomic E-state index is 5.03. The number of rotatable bonds is 0. The van der Waals surface area contributed by atoms with Crippen LogP contribution < -0.4 is 5.43 Å². The fourth-order valence-corrected chi connectivity index (χ4v) is 0.852. The molecule has 1 aliphatic rings. The lowest BCUT2D eigenvalue weighted by atomic mass is 10.6. The van der Waals surface area contributed by atoms with Crippen molar-refractivity contribution < 1.29 is 9.47 Å². The van der Waals surface area contributed by atoms with Crippen LogP contribution in [0.3, 0.4) is 0 Å². The Bertz CT molecular complexity index is 125. The van der Waals surface area contributed by atoms with Crippen LogP contribution in [-0.4, -0.2) is 37.2 Å². The minimum Gasteiger partial charge on any atom is -0.473 e. The highest BCUT2D eigenvalue weighted by Gasteiger charge is 2.12. The Hall–Kier alpha value is -0.390. The van der Waals surface area contributed by atoms with E-state index < -0.39 is 0 Å². The third-order valence-corrected chi connectivity index (χ3v) is 1.60. The highest BCUT2D eigenvalue weighted by Crippen LogP contribution is 1.93. The van der Waals surface area contributed by atoms with Gasteiger partial charge >= 0.3 is 0 Å². The van der Waals surface area contributed by atoms with Gasteiger partial charge < -0.3 is 9.47 Å². The van der Waals surface area contributed by atoms with E-state index in [0.717, 1.165) is 6.54 Å². The highest BCUT2D eigenvalue weighted by atomic mass is 32.1. The number of hydrazine groups is 1. The SMILES string of the molecule is COC(=S)N1CCOCN1. The van der Waals surface area contributed by atoms with Crippen molar-refractivity contribution in [2.75, 3.05) is 27.0 Å². The fraction of sp³-hybridized carbons (Fsp3) is 0.800. The number of ether oxygens (including phenoxy) is 2. The lowest BCUT2D eigenvalue weighted by Gasteiger charge is -2.28. The topological polar surface area (TPSA) is 33.7 Å². The molecule has 10 heavy (non-hydrogen) atoms. The van der Waals surface area contributed by atoms with Gasteiger partial charge in [-0.05, 0) is 12.2 Å². The average molecular weight is 162 g/mol. The second kappa shape index (κ2) is 3.70. The molecule has 1 N–H and O–H groups in total. The van der Waals surface area contributed by atoms with E-state index in [4.69, 9.17) is 21.7 Å². The van der Waals surface area contributed by atoms with Gasteiger partial charge in [0.25, 0.3) is 5.17 Å². The van der Waals surface area contributed by atoms with Crippen molar-refractivity contribution in [3.63, 3.8) is 0 Å². The molecular weight excluding hydrogens is 152 g/mol. The monoisotopic (exact) mass is 162 g/mol. The van der Waals surface area contributed by atoms with Gasteiger partial charge in [0, 0.05) is 0 Å². The molecule has 58 valence electrons. The van der Waals surface area contributed by atoms with Crippen LogP contribution in [0.2, 0.25) is 0 Å². The van der Waals surface area contributed by atoms with Gasteiger partial charge in [-0.1, -0.05) is 0 Å². The molecule has 0 aromatic heterocycles. The Morgan fingerprint density at radius 2 is 2.60 bits per heavy atom. The smallest absolute Gasteiger partial charge is 0.273 e. The average Bonchev–Trinajstić information content (AvgIpc) is 2.05. The van der Waals surface area contributed by atoms with E-state index in [-0.39, 0.29) is 0 Å². The predicted molar refractivity (Wildman–Crippen MR) is 40.3 cm³/mol. The Balaban J connectivity index is 2.31. The van der Waals surface area contributed by atoms with E-state index >= 15 is 0 Å². The molecule has 1 saturated heterocycles. The highest BCUT2D eigenvalue weighted by molar-refractivity contribution is 7.79. The first kappa shape index (κ1) is 7.71. The van der Waals surface area contributed by atoms with E-state index in [2.05, 4.69) is 5.43 Å². The second-order valence-corrected chi connectivity index (χ2v) is 2.18. The molecule has 1 heterocycles. The molecule has 0 atom stereocenters. The summed E-state index contributed by atoms with van der Waals surface area (Å²) in [6.07, 6.45) is 0. The summed E-state index contributed by atoms with van der Waals surface area (Å²) >= 11 is 4.86. The molecule has 0 saturated carbocycles. The van der Waals surface area contributed by atoms with Crippen molar-refractivity contribution in [3.8, 4) is 0 Å². The maximum Gasteiger partial charge on any atom is 0.273 e. The minimum absolute atomic E-state index is 0.461. The summed E-state index contributed by atoms with van der Waals surface area (Å²) in [5.41, 5.74) is 2.91. The van der Waals surface area contributed by atoms with Crippen molar-refractivity contribution in [1.82, 2.24) is 10.4 Å². The van der Waals surface area contributed by atoms with Crippen molar-refractivity contribution >= 4 is 17.4 Å². The number of thiocarbonyl (C=S) groups is 1. The maximum absolute atomic E-state index is 5.03. The quantitative estimate of drug-likeness (QED) is 0.495. The van der Waals surface area contributed by atoms with Crippen LogP contribution in [0.15, 0.2) is 0 Å². The molecule has 1 rings (SSSR count). The summed E-state index contributed by atoms with van der Waals surface area (Å²) in [5.74, 6) is 0. The molecule has 0 amide bonds. The molecule has 1 aliphatic heterocycles. The minimum atomic E-state index is 0.461. The molecule has 0 aliphatic carbocycles. The fourth-order valence-electron chi connectivity index (χ4n) is 0.697. The first-order valence-corrected chi connectivity index (χ1v) is 3.42. The summed E-state index contributed by atoms with van der Waals surface area (Å²) in [7, 11) is 1.56. The van der Waals surface area contributed by atoms with E-state index in [0.29, 0.717) is 18.5 Å². The molecule has 1 fully saturated rings. The van der Waals surface area contributed by atoms with E-state index in [9.17, 15) is 0 Å². The molecule has 4 nitrogen and oxygen atoms in total. The summed E-state index contributed by atoms with van der Waals surface area (Å²) in [4.78, 5) is 0. The normalized spacial score (nSPS) is 18.7. The van der Waals surface area contributed by atoms with Gasteiger partial charge in [-0.25, -0.2) is 5.43 Å². The Morgan fingerprint density at radius 1 is 1.80 bits per heavy atom. The van der Waals surface area contributed by atoms with Crippen molar-refractivity contribution in [1.29, 1.82) is 0 Å². The van der Waals surface area contributed by atoms with Crippen LogP contribution in [-0.2, 0) is 9.47 Å². The largest absolute Gasteiger partial charge is 0.473 e. The van der Waals surface area contributed by atoms with Crippen LogP contribution in [0, 0.1) is 0 Å². The van der Waals surface area contributed by atoms with E-state index in [1.807, 2.05) is 0 Å². The molecule has 0 radical (unpaired) electrons. The van der Waals surface area contributed by atoms with Gasteiger partial charge in [-0.2, -0.15) is 0 Å². The summed E-state index contributed by atoms with van der Waals surface area (Å²) < 4.78 is 9.86. The van der Waals surface area contributed by atoms with Crippen molar-refractivity contribution in [2.45, 2.75) is 0 Å². The van der Waals surface area contributed by atoms with Gasteiger partial charge in [-0.3, -0.25) is 5.01 Å². The van der Waals surface area contributed by atoms with E-state index in [1.54, 1.807) is 12.1 Å². The van der Waals surface area contributed by atoms with Crippen molar-refractivity contribution in [2.24, 2.45) is 0 Å². The summed E-state index contributed by atoms with van der Waals surface area (Å²) in [6.45, 7) is 1.94. The molecule has 0 aromatic rings. The van der Waals surface area contributed by atoms with Gasteiger partial charge in [-0.15, -0.1) is 0 Å². The van der Waals surface area contributed by atoms with Crippen LogP contribution in [0.25, 0.3) is 0 Å². The van der Waals surface area contributed by atoms with Gasteiger partial charge in [0.15, 0.2) is 0 Å². The Kier molecular flexibility index (Phi) is 2.85. The van der Waals surface area contributed by atoms with Gasteiger partial charge in [0.05, 0.1) is 20.3 Å². The number of nitrogens with zero attached hydrogens (tertiary/aromatic N) is 1. The molecular formula is C5H10N2O2S.